The SMILES string of the molecule is C[C@H](O/N=C/c1ccc(Br)cc1)C(=O)N/N=C\c1nc(-c2ccccc2)oc1O. The summed E-state index contributed by atoms with van der Waals surface area (Å²) in [4.78, 5) is 21.2. The number of carbonyl (C=O) groups is 1. The van der Waals surface area contributed by atoms with Crippen LogP contribution in [0.4, 0.5) is 0 Å². The van der Waals surface area contributed by atoms with E-state index in [2.05, 4.69) is 36.6 Å². The number of hydrazone groups is 1. The van der Waals surface area contributed by atoms with Gasteiger partial charge in [-0.15, -0.1) is 0 Å². The Morgan fingerprint density at radius 1 is 1.21 bits per heavy atom. The number of aromatic nitrogens is 1. The number of amides is 1. The molecular weight excluding hydrogens is 440 g/mol. The van der Waals surface area contributed by atoms with Gasteiger partial charge in [-0.1, -0.05) is 51.4 Å². The first-order chi connectivity index (χ1) is 14.0. The van der Waals surface area contributed by atoms with E-state index >= 15 is 0 Å². The highest BCUT2D eigenvalue weighted by molar-refractivity contribution is 9.10. The zero-order valence-electron chi connectivity index (χ0n) is 15.3. The van der Waals surface area contributed by atoms with Crippen LogP contribution < -0.4 is 5.43 Å². The number of oxazole rings is 1. The maximum absolute atomic E-state index is 12.0. The largest absolute Gasteiger partial charge is 0.479 e. The van der Waals surface area contributed by atoms with Crippen LogP contribution in [0.5, 0.6) is 5.95 Å². The lowest BCUT2D eigenvalue weighted by Gasteiger charge is -2.06. The van der Waals surface area contributed by atoms with Crippen molar-refractivity contribution in [1.29, 1.82) is 0 Å². The molecule has 0 aliphatic carbocycles. The van der Waals surface area contributed by atoms with E-state index in [-0.39, 0.29) is 11.6 Å². The monoisotopic (exact) mass is 456 g/mol. The maximum atomic E-state index is 12.0. The van der Waals surface area contributed by atoms with E-state index in [0.29, 0.717) is 5.56 Å². The fraction of sp³-hybridized carbons (Fsp3) is 0.100. The van der Waals surface area contributed by atoms with Gasteiger partial charge in [-0.3, -0.25) is 4.79 Å². The van der Waals surface area contributed by atoms with Crippen molar-refractivity contribution in [1.82, 2.24) is 10.4 Å². The molecular formula is C20H17BrN4O4. The smallest absolute Gasteiger partial charge is 0.312 e. The first-order valence-electron chi connectivity index (χ1n) is 8.56. The van der Waals surface area contributed by atoms with Crippen molar-refractivity contribution in [2.24, 2.45) is 10.3 Å². The number of carbonyl (C=O) groups excluding carboxylic acids is 1. The van der Waals surface area contributed by atoms with E-state index in [1.54, 1.807) is 12.1 Å². The number of benzene rings is 2. The van der Waals surface area contributed by atoms with Crippen molar-refractivity contribution in [3.8, 4) is 17.4 Å². The van der Waals surface area contributed by atoms with E-state index < -0.39 is 18.0 Å². The second-order valence-electron chi connectivity index (χ2n) is 5.84. The molecule has 0 fully saturated rings. The lowest BCUT2D eigenvalue weighted by molar-refractivity contribution is -0.131. The molecule has 0 aliphatic rings. The van der Waals surface area contributed by atoms with Crippen LogP contribution in [0.25, 0.3) is 11.5 Å². The van der Waals surface area contributed by atoms with Gasteiger partial charge in [0.2, 0.25) is 12.0 Å². The molecule has 2 N–H and O–H groups in total. The van der Waals surface area contributed by atoms with Crippen LogP contribution in [-0.4, -0.2) is 34.5 Å². The van der Waals surface area contributed by atoms with Crippen molar-refractivity contribution < 1.29 is 19.2 Å². The van der Waals surface area contributed by atoms with Crippen LogP contribution in [0.3, 0.4) is 0 Å². The molecule has 1 atom stereocenters. The average molecular weight is 457 g/mol. The summed E-state index contributed by atoms with van der Waals surface area (Å²) in [6.45, 7) is 1.53. The van der Waals surface area contributed by atoms with Crippen molar-refractivity contribution in [3.63, 3.8) is 0 Å². The summed E-state index contributed by atoms with van der Waals surface area (Å²) in [5.41, 5.74) is 3.92. The summed E-state index contributed by atoms with van der Waals surface area (Å²) >= 11 is 3.35. The molecule has 3 rings (SSSR count). The fourth-order valence-electron chi connectivity index (χ4n) is 2.14. The first kappa shape index (κ1) is 20.3. The Kier molecular flexibility index (Phi) is 6.75. The molecule has 148 valence electrons. The third-order valence-electron chi connectivity index (χ3n) is 3.68. The Balaban J connectivity index is 1.52. The molecule has 1 amide bonds. The van der Waals surface area contributed by atoms with Crippen LogP contribution in [0, 0.1) is 0 Å². The molecule has 0 saturated heterocycles. The Labute approximate surface area is 175 Å². The molecule has 1 aromatic heterocycles. The minimum atomic E-state index is -0.871. The second-order valence-corrected chi connectivity index (χ2v) is 6.76. The number of hydrogen-bond acceptors (Lipinski definition) is 7. The summed E-state index contributed by atoms with van der Waals surface area (Å²) in [5, 5.41) is 17.4. The van der Waals surface area contributed by atoms with Gasteiger partial charge in [0.25, 0.3) is 5.91 Å². The summed E-state index contributed by atoms with van der Waals surface area (Å²) in [6, 6.07) is 16.5. The molecule has 0 saturated carbocycles. The molecule has 3 aromatic rings. The predicted octanol–water partition coefficient (Wildman–Crippen LogP) is 3.70. The van der Waals surface area contributed by atoms with Crippen molar-refractivity contribution in [2.75, 3.05) is 0 Å². The molecule has 1 heterocycles. The topological polar surface area (TPSA) is 109 Å². The zero-order chi connectivity index (χ0) is 20.6. The summed E-state index contributed by atoms with van der Waals surface area (Å²) < 4.78 is 6.16. The van der Waals surface area contributed by atoms with Gasteiger partial charge in [-0.05, 0) is 36.8 Å². The molecule has 9 heteroatoms. The molecule has 0 bridgehead atoms. The van der Waals surface area contributed by atoms with E-state index in [1.165, 1.54) is 19.4 Å². The van der Waals surface area contributed by atoms with Crippen LogP contribution in [-0.2, 0) is 9.63 Å². The van der Waals surface area contributed by atoms with E-state index in [9.17, 15) is 9.90 Å². The second kappa shape index (κ2) is 9.65. The first-order valence-corrected chi connectivity index (χ1v) is 9.35. The van der Waals surface area contributed by atoms with Gasteiger partial charge >= 0.3 is 5.95 Å². The standard InChI is InChI=1S/C20H17BrN4O4/c1-13(29-23-11-14-7-9-16(21)10-8-14)18(26)25-22-12-17-20(27)28-19(24-17)15-5-3-2-4-6-15/h2-13,27H,1H3,(H,25,26)/b22-12-,23-11+/t13-/m0/s1. The lowest BCUT2D eigenvalue weighted by atomic mass is 10.2. The van der Waals surface area contributed by atoms with E-state index in [0.717, 1.165) is 10.0 Å². The average Bonchev–Trinajstić information content (AvgIpc) is 3.10. The van der Waals surface area contributed by atoms with E-state index in [4.69, 9.17) is 9.25 Å². The number of nitrogens with one attached hydrogen (secondary N) is 1. The third-order valence-corrected chi connectivity index (χ3v) is 4.21. The summed E-state index contributed by atoms with van der Waals surface area (Å²) in [7, 11) is 0. The van der Waals surface area contributed by atoms with Gasteiger partial charge in [0, 0.05) is 10.0 Å². The molecule has 0 unspecified atom stereocenters. The van der Waals surface area contributed by atoms with Gasteiger partial charge < -0.3 is 14.4 Å². The van der Waals surface area contributed by atoms with Gasteiger partial charge in [-0.25, -0.2) is 10.4 Å². The van der Waals surface area contributed by atoms with Crippen molar-refractivity contribution in [2.45, 2.75) is 13.0 Å². The highest BCUT2D eigenvalue weighted by Gasteiger charge is 2.14. The molecule has 0 spiro atoms. The number of rotatable bonds is 7. The molecule has 0 radical (unpaired) electrons. The molecule has 2 aromatic carbocycles. The van der Waals surface area contributed by atoms with Crippen molar-refractivity contribution in [3.05, 3.63) is 70.3 Å². The van der Waals surface area contributed by atoms with Crippen molar-refractivity contribution >= 4 is 34.3 Å². The highest BCUT2D eigenvalue weighted by atomic mass is 79.9. The normalized spacial score (nSPS) is 12.3. The van der Waals surface area contributed by atoms with Crippen LogP contribution in [0.1, 0.15) is 18.2 Å². The lowest BCUT2D eigenvalue weighted by Crippen LogP contribution is -2.30. The summed E-state index contributed by atoms with van der Waals surface area (Å²) in [5.74, 6) is -0.666. The Morgan fingerprint density at radius 2 is 1.93 bits per heavy atom. The number of halogens is 1. The fourth-order valence-corrected chi connectivity index (χ4v) is 2.40. The van der Waals surface area contributed by atoms with Gasteiger partial charge in [0.15, 0.2) is 5.69 Å². The quantitative estimate of drug-likeness (QED) is 0.416. The number of oxime groups is 1. The Bertz CT molecular complexity index is 1020. The van der Waals surface area contributed by atoms with E-state index in [1.807, 2.05) is 42.5 Å². The Morgan fingerprint density at radius 3 is 2.66 bits per heavy atom. The van der Waals surface area contributed by atoms with Crippen LogP contribution >= 0.6 is 15.9 Å². The molecule has 29 heavy (non-hydrogen) atoms. The number of aromatic hydroxyl groups is 1. The number of nitrogens with zero attached hydrogens (tertiary/aromatic N) is 3. The summed E-state index contributed by atoms with van der Waals surface area (Å²) in [6.07, 6.45) is 1.81. The van der Waals surface area contributed by atoms with Gasteiger partial charge in [0.1, 0.15) is 0 Å². The highest BCUT2D eigenvalue weighted by Crippen LogP contribution is 2.24. The molecule has 0 aliphatic heterocycles. The predicted molar refractivity (Wildman–Crippen MR) is 112 cm³/mol. The zero-order valence-corrected chi connectivity index (χ0v) is 16.9. The molecule has 8 nitrogen and oxygen atoms in total. The Hall–Kier alpha value is -3.46. The third kappa shape index (κ3) is 5.76. The van der Waals surface area contributed by atoms with Gasteiger partial charge in [0.05, 0.1) is 12.4 Å². The maximum Gasteiger partial charge on any atom is 0.312 e. The van der Waals surface area contributed by atoms with Gasteiger partial charge in [-0.2, -0.15) is 5.10 Å². The van der Waals surface area contributed by atoms with Crippen LogP contribution in [0.15, 0.2) is 73.7 Å². The minimum absolute atomic E-state index is 0.0889. The minimum Gasteiger partial charge on any atom is -0.479 e. The number of hydrogen-bond donors (Lipinski definition) is 2. The van der Waals surface area contributed by atoms with Crippen LogP contribution in [0.2, 0.25) is 0 Å².